The first-order valence-corrected chi connectivity index (χ1v) is 9.94. The van der Waals surface area contributed by atoms with Gasteiger partial charge in [0.2, 0.25) is 10.0 Å². The lowest BCUT2D eigenvalue weighted by Crippen LogP contribution is -2.38. The van der Waals surface area contributed by atoms with E-state index in [1.165, 1.54) is 29.6 Å². The van der Waals surface area contributed by atoms with Crippen LogP contribution in [0, 0.1) is 5.92 Å². The molecule has 8 nitrogen and oxygen atoms in total. The summed E-state index contributed by atoms with van der Waals surface area (Å²) in [5, 5.41) is 12.0. The Bertz CT molecular complexity index is 809. The van der Waals surface area contributed by atoms with E-state index >= 15 is 0 Å². The summed E-state index contributed by atoms with van der Waals surface area (Å²) in [5.41, 5.74) is 0.239. The van der Waals surface area contributed by atoms with Crippen molar-refractivity contribution in [2.24, 2.45) is 5.92 Å². The van der Waals surface area contributed by atoms with Crippen LogP contribution in [0.25, 0.3) is 0 Å². The van der Waals surface area contributed by atoms with E-state index < -0.39 is 28.0 Å². The van der Waals surface area contributed by atoms with Crippen molar-refractivity contribution < 1.29 is 27.9 Å². The molecule has 3 rings (SSSR count). The van der Waals surface area contributed by atoms with Crippen LogP contribution in [0.4, 0.5) is 0 Å². The Morgan fingerprint density at radius 3 is 2.77 bits per heavy atom. The predicted octanol–water partition coefficient (Wildman–Crippen LogP) is 0.689. The van der Waals surface area contributed by atoms with Gasteiger partial charge in [-0.15, -0.1) is 0 Å². The van der Waals surface area contributed by atoms with Crippen LogP contribution >= 0.6 is 0 Å². The quantitative estimate of drug-likeness (QED) is 0.671. The Hall–Kier alpha value is -1.97. The van der Waals surface area contributed by atoms with Gasteiger partial charge < -0.3 is 15.2 Å². The highest BCUT2D eigenvalue weighted by Crippen LogP contribution is 2.45. The zero-order valence-corrected chi connectivity index (χ0v) is 15.2. The molecule has 2 fully saturated rings. The fourth-order valence-corrected chi connectivity index (χ4v) is 5.83. The predicted molar refractivity (Wildman–Crippen MR) is 92.2 cm³/mol. The summed E-state index contributed by atoms with van der Waals surface area (Å²) in [7, 11) is -2.33. The van der Waals surface area contributed by atoms with Crippen LogP contribution in [0.5, 0.6) is 0 Å². The minimum absolute atomic E-state index is 0.0137. The van der Waals surface area contributed by atoms with Crippen LogP contribution in [0.3, 0.4) is 0 Å². The number of aliphatic carboxylic acids is 1. The standard InChI is InChI=1S/C17H22N2O6S/c1-25-8-7-18-16(20)11-3-2-4-13(9-11)26(23,24)19-12-5-6-15(19)14(10-12)17(21)22/h2-4,9,12,14-15H,5-8,10H2,1H3,(H,18,20)(H,21,22). The first-order chi connectivity index (χ1) is 12.4. The molecule has 2 heterocycles. The molecule has 0 aliphatic carbocycles. The molecule has 9 heteroatoms. The van der Waals surface area contributed by atoms with Gasteiger partial charge in [-0.1, -0.05) is 6.07 Å². The Kier molecular flexibility index (Phi) is 5.31. The number of carboxylic acid groups (broad SMARTS) is 1. The average Bonchev–Trinajstić information content (AvgIpc) is 3.21. The van der Waals surface area contributed by atoms with Crippen molar-refractivity contribution in [2.45, 2.75) is 36.2 Å². The Labute approximate surface area is 152 Å². The van der Waals surface area contributed by atoms with E-state index in [4.69, 9.17) is 4.74 Å². The van der Waals surface area contributed by atoms with Gasteiger partial charge in [0.15, 0.2) is 0 Å². The number of nitrogens with one attached hydrogen (secondary N) is 1. The Balaban J connectivity index is 1.83. The van der Waals surface area contributed by atoms with E-state index in [0.29, 0.717) is 32.4 Å². The van der Waals surface area contributed by atoms with Crippen molar-refractivity contribution in [1.29, 1.82) is 0 Å². The second kappa shape index (κ2) is 7.34. The fraction of sp³-hybridized carbons (Fsp3) is 0.529. The average molecular weight is 382 g/mol. The largest absolute Gasteiger partial charge is 0.481 e. The molecule has 3 atom stereocenters. The molecule has 0 radical (unpaired) electrons. The van der Waals surface area contributed by atoms with Gasteiger partial charge in [0, 0.05) is 31.3 Å². The van der Waals surface area contributed by atoms with Crippen molar-refractivity contribution >= 4 is 21.9 Å². The number of fused-ring (bicyclic) bond motifs is 2. The number of rotatable bonds is 7. The van der Waals surface area contributed by atoms with Crippen molar-refractivity contribution in [3.63, 3.8) is 0 Å². The highest BCUT2D eigenvalue weighted by molar-refractivity contribution is 7.89. The van der Waals surface area contributed by atoms with Gasteiger partial charge in [-0.25, -0.2) is 8.42 Å². The molecule has 2 bridgehead atoms. The number of amides is 1. The summed E-state index contributed by atoms with van der Waals surface area (Å²) >= 11 is 0. The van der Waals surface area contributed by atoms with Gasteiger partial charge in [-0.3, -0.25) is 9.59 Å². The highest BCUT2D eigenvalue weighted by Gasteiger charge is 2.54. The minimum atomic E-state index is -3.86. The van der Waals surface area contributed by atoms with E-state index in [1.54, 1.807) is 6.07 Å². The van der Waals surface area contributed by atoms with Crippen molar-refractivity contribution in [2.75, 3.05) is 20.3 Å². The maximum atomic E-state index is 13.1. The molecule has 142 valence electrons. The maximum Gasteiger partial charge on any atom is 0.308 e. The lowest BCUT2D eigenvalue weighted by molar-refractivity contribution is -0.142. The van der Waals surface area contributed by atoms with E-state index in [9.17, 15) is 23.1 Å². The highest BCUT2D eigenvalue weighted by atomic mass is 32.2. The number of carbonyl (C=O) groups excluding carboxylic acids is 1. The normalized spacial score (nSPS) is 25.3. The Morgan fingerprint density at radius 2 is 2.12 bits per heavy atom. The molecule has 0 saturated carbocycles. The molecule has 3 unspecified atom stereocenters. The summed E-state index contributed by atoms with van der Waals surface area (Å²) < 4.78 is 32.4. The fourth-order valence-electron chi connectivity index (χ4n) is 3.87. The third kappa shape index (κ3) is 3.34. The van der Waals surface area contributed by atoms with E-state index in [-0.39, 0.29) is 22.4 Å². The zero-order chi connectivity index (χ0) is 18.9. The molecule has 2 aliphatic rings. The third-order valence-electron chi connectivity index (χ3n) is 5.05. The van der Waals surface area contributed by atoms with Gasteiger partial charge in [0.1, 0.15) is 0 Å². The van der Waals surface area contributed by atoms with Crippen LogP contribution in [0.15, 0.2) is 29.2 Å². The first kappa shape index (κ1) is 18.8. The van der Waals surface area contributed by atoms with Gasteiger partial charge in [-0.2, -0.15) is 4.31 Å². The maximum absolute atomic E-state index is 13.1. The number of benzene rings is 1. The number of ether oxygens (including phenoxy) is 1. The molecule has 1 amide bonds. The van der Waals surface area contributed by atoms with Gasteiger partial charge >= 0.3 is 5.97 Å². The first-order valence-electron chi connectivity index (χ1n) is 8.50. The molecule has 2 N–H and O–H groups in total. The van der Waals surface area contributed by atoms with E-state index in [0.717, 1.165) is 0 Å². The number of hydrogen-bond acceptors (Lipinski definition) is 5. The third-order valence-corrected chi connectivity index (χ3v) is 7.03. The summed E-state index contributed by atoms with van der Waals surface area (Å²) in [6.45, 7) is 0.681. The Morgan fingerprint density at radius 1 is 1.35 bits per heavy atom. The monoisotopic (exact) mass is 382 g/mol. The summed E-state index contributed by atoms with van der Waals surface area (Å²) in [4.78, 5) is 23.5. The molecule has 1 aromatic rings. The van der Waals surface area contributed by atoms with E-state index in [2.05, 4.69) is 5.32 Å². The summed E-state index contributed by atoms with van der Waals surface area (Å²) in [6, 6.07) is 5.04. The molecule has 0 spiro atoms. The lowest BCUT2D eigenvalue weighted by Gasteiger charge is -2.22. The van der Waals surface area contributed by atoms with Crippen LogP contribution in [-0.2, 0) is 19.6 Å². The van der Waals surface area contributed by atoms with Crippen molar-refractivity contribution in [1.82, 2.24) is 9.62 Å². The number of methoxy groups -OCH3 is 1. The van der Waals surface area contributed by atoms with Crippen molar-refractivity contribution in [3.8, 4) is 0 Å². The van der Waals surface area contributed by atoms with E-state index in [1.807, 2.05) is 0 Å². The number of hydrogen-bond donors (Lipinski definition) is 2. The molecular formula is C17H22N2O6S. The molecule has 2 saturated heterocycles. The van der Waals surface area contributed by atoms with Crippen LogP contribution in [0.2, 0.25) is 0 Å². The second-order valence-corrected chi connectivity index (χ2v) is 8.43. The number of carbonyl (C=O) groups is 2. The zero-order valence-electron chi connectivity index (χ0n) is 14.4. The number of nitrogens with zero attached hydrogens (tertiary/aromatic N) is 1. The topological polar surface area (TPSA) is 113 Å². The van der Waals surface area contributed by atoms with Crippen LogP contribution < -0.4 is 5.32 Å². The van der Waals surface area contributed by atoms with Crippen LogP contribution in [0.1, 0.15) is 29.6 Å². The smallest absolute Gasteiger partial charge is 0.308 e. The summed E-state index contributed by atoms with van der Waals surface area (Å²) in [6.07, 6.45) is 1.57. The van der Waals surface area contributed by atoms with Gasteiger partial charge in [-0.05, 0) is 37.5 Å². The molecule has 0 aromatic heterocycles. The number of carboxylic acids is 1. The molecular weight excluding hydrogens is 360 g/mol. The van der Waals surface area contributed by atoms with Gasteiger partial charge in [0.25, 0.3) is 5.91 Å². The minimum Gasteiger partial charge on any atom is -0.481 e. The molecule has 1 aromatic carbocycles. The molecule has 2 aliphatic heterocycles. The second-order valence-electron chi connectivity index (χ2n) is 6.59. The van der Waals surface area contributed by atoms with Crippen molar-refractivity contribution in [3.05, 3.63) is 29.8 Å². The summed E-state index contributed by atoms with van der Waals surface area (Å²) in [5.74, 6) is -2.00. The SMILES string of the molecule is COCCNC(=O)c1cccc(S(=O)(=O)N2C3CCC2C(C(=O)O)C3)c1. The molecule has 26 heavy (non-hydrogen) atoms. The van der Waals surface area contributed by atoms with Gasteiger partial charge in [0.05, 0.1) is 17.4 Å². The number of sulfonamides is 1. The van der Waals surface area contributed by atoms with Crippen LogP contribution in [-0.4, -0.2) is 62.1 Å². The lowest BCUT2D eigenvalue weighted by atomic mass is 9.89.